The monoisotopic (exact) mass is 549 g/mol. The van der Waals surface area contributed by atoms with Crippen molar-refractivity contribution in [2.45, 2.75) is 51.0 Å². The van der Waals surface area contributed by atoms with E-state index in [2.05, 4.69) is 56.7 Å². The number of anilines is 4. The molecule has 0 spiro atoms. The quantitative estimate of drug-likeness (QED) is 0.448. The predicted molar refractivity (Wildman–Crippen MR) is 158 cm³/mol. The van der Waals surface area contributed by atoms with E-state index >= 15 is 0 Å². The highest BCUT2D eigenvalue weighted by molar-refractivity contribution is 7.92. The Morgan fingerprint density at radius 1 is 1.18 bits per heavy atom. The highest BCUT2D eigenvalue weighted by atomic mass is 32.2. The highest BCUT2D eigenvalue weighted by Crippen LogP contribution is 2.47. The molecule has 1 saturated heterocycles. The van der Waals surface area contributed by atoms with Gasteiger partial charge in [-0.2, -0.15) is 9.35 Å². The minimum atomic E-state index is -2.36. The molecular formula is C29H39N7O2S. The number of pyridine rings is 1. The molecule has 2 aliphatic heterocycles. The molecule has 0 bridgehead atoms. The van der Waals surface area contributed by atoms with Crippen LogP contribution in [0.25, 0.3) is 0 Å². The summed E-state index contributed by atoms with van der Waals surface area (Å²) in [7, 11) is -0.172. The minimum absolute atomic E-state index is 0.0623. The van der Waals surface area contributed by atoms with Crippen LogP contribution in [0.4, 0.5) is 29.1 Å². The summed E-state index contributed by atoms with van der Waals surface area (Å²) >= 11 is 0. The van der Waals surface area contributed by atoms with Crippen molar-refractivity contribution in [2.24, 2.45) is 4.36 Å². The molecule has 2 N–H and O–H groups in total. The van der Waals surface area contributed by atoms with Gasteiger partial charge in [-0.3, -0.25) is 0 Å². The van der Waals surface area contributed by atoms with Crippen molar-refractivity contribution in [2.75, 3.05) is 49.5 Å². The summed E-state index contributed by atoms with van der Waals surface area (Å²) in [6.45, 7) is 8.44. The Bertz CT molecular complexity index is 1490. The Morgan fingerprint density at radius 2 is 1.92 bits per heavy atom. The molecule has 10 heteroatoms. The maximum Gasteiger partial charge on any atom is 0.229 e. The Labute approximate surface area is 231 Å². The number of rotatable bonds is 6. The van der Waals surface area contributed by atoms with Crippen LogP contribution in [-0.4, -0.2) is 74.5 Å². The molecule has 39 heavy (non-hydrogen) atoms. The summed E-state index contributed by atoms with van der Waals surface area (Å²) in [4.78, 5) is 18.6. The minimum Gasteiger partial charge on any atom is -0.395 e. The van der Waals surface area contributed by atoms with Crippen LogP contribution >= 0.6 is 0 Å². The molecule has 9 nitrogen and oxygen atoms in total. The van der Waals surface area contributed by atoms with Gasteiger partial charge < -0.3 is 20.2 Å². The lowest BCUT2D eigenvalue weighted by Gasteiger charge is -2.31. The number of aliphatic hydroxyl groups excluding tert-OH is 1. The van der Waals surface area contributed by atoms with Gasteiger partial charge in [0, 0.05) is 51.1 Å². The Hall–Kier alpha value is -3.08. The van der Waals surface area contributed by atoms with Crippen LogP contribution in [-0.2, 0) is 15.1 Å². The number of benzene rings is 1. The highest BCUT2D eigenvalue weighted by Gasteiger charge is 2.47. The van der Waals surface area contributed by atoms with E-state index < -0.39 is 15.1 Å². The molecule has 4 heterocycles. The molecule has 1 fully saturated rings. The summed E-state index contributed by atoms with van der Waals surface area (Å²) in [5.41, 5.74) is 3.90. The molecule has 2 aromatic heterocycles. The second kappa shape index (κ2) is 10.5. The van der Waals surface area contributed by atoms with Gasteiger partial charge >= 0.3 is 0 Å². The van der Waals surface area contributed by atoms with Gasteiger partial charge in [-0.25, -0.2) is 14.2 Å². The van der Waals surface area contributed by atoms with Crippen molar-refractivity contribution < 1.29 is 9.32 Å². The average Bonchev–Trinajstić information content (AvgIpc) is 3.10. The third-order valence-corrected chi connectivity index (χ3v) is 8.84. The molecule has 208 valence electrons. The van der Waals surface area contributed by atoms with Crippen molar-refractivity contribution in [3.8, 4) is 0 Å². The predicted octanol–water partition coefficient (Wildman–Crippen LogP) is 4.88. The van der Waals surface area contributed by atoms with E-state index in [1.54, 1.807) is 24.8 Å². The second-order valence-electron chi connectivity index (χ2n) is 11.5. The van der Waals surface area contributed by atoms with Crippen LogP contribution in [0, 0.1) is 6.92 Å². The molecule has 1 aromatic carbocycles. The topological polar surface area (TPSA) is 107 Å². The van der Waals surface area contributed by atoms with Gasteiger partial charge in [-0.05, 0) is 88.1 Å². The maximum absolute atomic E-state index is 12.3. The number of aliphatic hydroxyl groups is 1. The van der Waals surface area contributed by atoms with Gasteiger partial charge in [0.25, 0.3) is 0 Å². The Balaban J connectivity index is 1.47. The van der Waals surface area contributed by atoms with Crippen LogP contribution in [0.15, 0.2) is 47.0 Å². The second-order valence-corrected chi connectivity index (χ2v) is 14.0. The molecule has 2 aliphatic rings. The van der Waals surface area contributed by atoms with Crippen LogP contribution in [0.3, 0.4) is 0 Å². The summed E-state index contributed by atoms with van der Waals surface area (Å²) in [5.74, 6) is 2.80. The number of nitrogens with one attached hydrogen (secondary N) is 1. The first kappa shape index (κ1) is 27.5. The molecule has 3 aromatic rings. The molecule has 5 rings (SSSR count). The molecule has 2 atom stereocenters. The summed E-state index contributed by atoms with van der Waals surface area (Å²) in [5, 5.41) is 13.8. The standard InChI is InChI=1S/C29H39N7O2S/c1-19-16-22(10-11-23(19)21-12-14-35(4)15-13-21)31-28-30-17-24-27(33-28)36(20(2)29(24,3)18-37)26-9-7-8-25(32-26)34-39(5,6)38/h7-11,16-17,20-21,37H,12-15,18H2,1-6H3,(H,30,31,33)/t20-,29+/m1/s1. The number of aryl methyl sites for hydroxylation is 1. The number of hydrogen-bond donors (Lipinski definition) is 2. The van der Waals surface area contributed by atoms with Crippen molar-refractivity contribution in [1.82, 2.24) is 19.9 Å². The number of fused-ring (bicyclic) bond motifs is 1. The lowest BCUT2D eigenvalue weighted by atomic mass is 9.81. The number of likely N-dealkylation sites (tertiary alicyclic amines) is 1. The van der Waals surface area contributed by atoms with Gasteiger partial charge in [0.05, 0.1) is 6.61 Å². The zero-order valence-corrected chi connectivity index (χ0v) is 24.5. The zero-order valence-electron chi connectivity index (χ0n) is 23.7. The van der Waals surface area contributed by atoms with E-state index in [1.165, 1.54) is 24.0 Å². The van der Waals surface area contributed by atoms with Gasteiger partial charge in [0.15, 0.2) is 5.82 Å². The lowest BCUT2D eigenvalue weighted by Crippen LogP contribution is -2.41. The summed E-state index contributed by atoms with van der Waals surface area (Å²) < 4.78 is 16.6. The van der Waals surface area contributed by atoms with E-state index in [0.29, 0.717) is 29.3 Å². The van der Waals surface area contributed by atoms with Crippen LogP contribution in [0.5, 0.6) is 0 Å². The van der Waals surface area contributed by atoms with Crippen molar-refractivity contribution in [1.29, 1.82) is 0 Å². The van der Waals surface area contributed by atoms with Crippen molar-refractivity contribution in [3.63, 3.8) is 0 Å². The fourth-order valence-corrected chi connectivity index (χ4v) is 6.27. The fraction of sp³-hybridized carbons (Fsp3) is 0.483. The van der Waals surface area contributed by atoms with Crippen LogP contribution < -0.4 is 10.2 Å². The zero-order chi connectivity index (χ0) is 27.9. The largest absolute Gasteiger partial charge is 0.395 e. The van der Waals surface area contributed by atoms with E-state index in [9.17, 15) is 9.32 Å². The molecule has 0 unspecified atom stereocenters. The Morgan fingerprint density at radius 3 is 2.59 bits per heavy atom. The van der Waals surface area contributed by atoms with E-state index in [-0.39, 0.29) is 12.6 Å². The SMILES string of the molecule is Cc1cc(Nc2ncc3c(n2)N(c2cccc(N=S(C)(C)=O)n2)[C@H](C)[C@]3(C)CO)ccc1C1CCN(C)CC1. The number of nitrogens with zero attached hydrogens (tertiary/aromatic N) is 6. The normalized spacial score (nSPS) is 22.1. The lowest BCUT2D eigenvalue weighted by molar-refractivity contribution is 0.194. The van der Waals surface area contributed by atoms with Crippen molar-refractivity contribution >= 4 is 38.8 Å². The van der Waals surface area contributed by atoms with Crippen LogP contribution in [0.2, 0.25) is 0 Å². The van der Waals surface area contributed by atoms with Crippen molar-refractivity contribution in [3.05, 3.63) is 59.3 Å². The number of aromatic nitrogens is 3. The summed E-state index contributed by atoms with van der Waals surface area (Å²) in [6.07, 6.45) is 7.35. The smallest absolute Gasteiger partial charge is 0.229 e. The molecule has 0 aliphatic carbocycles. The molecule has 0 radical (unpaired) electrons. The van der Waals surface area contributed by atoms with Gasteiger partial charge in [-0.1, -0.05) is 19.1 Å². The van der Waals surface area contributed by atoms with E-state index in [1.807, 2.05) is 30.9 Å². The first-order chi connectivity index (χ1) is 18.5. The number of piperidine rings is 1. The van der Waals surface area contributed by atoms with E-state index in [4.69, 9.17) is 4.98 Å². The fourth-order valence-electron chi connectivity index (χ4n) is 5.72. The first-order valence-corrected chi connectivity index (χ1v) is 15.8. The molecule has 0 amide bonds. The Kier molecular flexibility index (Phi) is 7.39. The van der Waals surface area contributed by atoms with E-state index in [0.717, 1.165) is 24.3 Å². The number of hydrogen-bond acceptors (Lipinski definition) is 9. The maximum atomic E-state index is 12.3. The van der Waals surface area contributed by atoms with Gasteiger partial charge in [0.2, 0.25) is 5.95 Å². The van der Waals surface area contributed by atoms with Gasteiger partial charge in [0.1, 0.15) is 11.6 Å². The third kappa shape index (κ3) is 5.50. The van der Waals surface area contributed by atoms with Gasteiger partial charge in [-0.15, -0.1) is 0 Å². The third-order valence-electron chi connectivity index (χ3n) is 8.21. The molecule has 0 saturated carbocycles. The first-order valence-electron chi connectivity index (χ1n) is 13.5. The molecular weight excluding hydrogens is 510 g/mol. The summed E-state index contributed by atoms with van der Waals surface area (Å²) in [6, 6.07) is 11.8. The average molecular weight is 550 g/mol. The van der Waals surface area contributed by atoms with Crippen LogP contribution in [0.1, 0.15) is 49.3 Å².